The average molecular weight is 362 g/mol. The van der Waals surface area contributed by atoms with E-state index >= 15 is 0 Å². The molecule has 0 saturated carbocycles. The Kier molecular flexibility index (Phi) is 6.03. The lowest BCUT2D eigenvalue weighted by molar-refractivity contribution is 0.0773. The fourth-order valence-corrected chi connectivity index (χ4v) is 3.40. The summed E-state index contributed by atoms with van der Waals surface area (Å²) in [5.41, 5.74) is 0.919. The van der Waals surface area contributed by atoms with Gasteiger partial charge in [0.05, 0.1) is 12.0 Å². The van der Waals surface area contributed by atoms with E-state index in [1.54, 1.807) is 41.3 Å². The molecule has 0 fully saturated rings. The topological polar surface area (TPSA) is 75.7 Å². The molecule has 7 heteroatoms. The van der Waals surface area contributed by atoms with Crippen molar-refractivity contribution in [3.63, 3.8) is 0 Å². The molecule has 134 valence electrons. The molecular weight excluding hydrogens is 340 g/mol. The molecule has 1 amide bonds. The van der Waals surface area contributed by atoms with Gasteiger partial charge in [-0.3, -0.25) is 9.52 Å². The number of benzene rings is 2. The van der Waals surface area contributed by atoms with Gasteiger partial charge in [-0.25, -0.2) is 8.42 Å². The number of rotatable bonds is 7. The minimum atomic E-state index is -3.70. The number of nitrogens with zero attached hydrogens (tertiary/aromatic N) is 1. The number of anilines is 1. The van der Waals surface area contributed by atoms with Crippen LogP contribution in [0.4, 0.5) is 5.69 Å². The zero-order chi connectivity index (χ0) is 18.4. The third-order valence-electron chi connectivity index (χ3n) is 3.80. The molecule has 25 heavy (non-hydrogen) atoms. The van der Waals surface area contributed by atoms with Crippen LogP contribution < -0.4 is 9.46 Å². The van der Waals surface area contributed by atoms with E-state index in [0.717, 1.165) is 0 Å². The highest BCUT2D eigenvalue weighted by molar-refractivity contribution is 7.92. The van der Waals surface area contributed by atoms with Gasteiger partial charge in [-0.15, -0.1) is 0 Å². The molecule has 0 radical (unpaired) electrons. The molecule has 0 aliphatic carbocycles. The van der Waals surface area contributed by atoms with Gasteiger partial charge in [0, 0.05) is 24.3 Å². The van der Waals surface area contributed by atoms with Gasteiger partial charge in [0.15, 0.2) is 0 Å². The van der Waals surface area contributed by atoms with Crippen molar-refractivity contribution in [2.75, 3.05) is 24.9 Å². The molecule has 2 aromatic rings. The highest BCUT2D eigenvalue weighted by Crippen LogP contribution is 2.19. The third kappa shape index (κ3) is 4.51. The quantitative estimate of drug-likeness (QED) is 0.822. The van der Waals surface area contributed by atoms with Crippen LogP contribution in [-0.2, 0) is 10.0 Å². The lowest BCUT2D eigenvalue weighted by Gasteiger charge is -2.18. The van der Waals surface area contributed by atoms with Crippen LogP contribution in [0.2, 0.25) is 0 Å². The average Bonchev–Trinajstić information content (AvgIpc) is 2.63. The number of hydrogen-bond donors (Lipinski definition) is 1. The first-order chi connectivity index (χ1) is 11.9. The van der Waals surface area contributed by atoms with Gasteiger partial charge >= 0.3 is 0 Å². The standard InChI is InChI=1S/C18H22N2O4S/c1-4-20(5-2)18(21)14-6-8-15(9-7-14)19-25(22,23)17-12-10-16(24-3)11-13-17/h6-13,19H,4-5H2,1-3H3. The number of carbonyl (C=O) groups is 1. The largest absolute Gasteiger partial charge is 0.497 e. The Morgan fingerprint density at radius 3 is 2.04 bits per heavy atom. The second-order valence-corrected chi connectivity index (χ2v) is 7.02. The van der Waals surface area contributed by atoms with Crippen molar-refractivity contribution in [3.8, 4) is 5.75 Å². The molecule has 0 aromatic heterocycles. The molecule has 1 N–H and O–H groups in total. The lowest BCUT2D eigenvalue weighted by atomic mass is 10.2. The molecule has 0 spiro atoms. The predicted molar refractivity (Wildman–Crippen MR) is 97.5 cm³/mol. The maximum atomic E-state index is 12.4. The van der Waals surface area contributed by atoms with Crippen LogP contribution in [0.15, 0.2) is 53.4 Å². The SMILES string of the molecule is CCN(CC)C(=O)c1ccc(NS(=O)(=O)c2ccc(OC)cc2)cc1. The summed E-state index contributed by atoms with van der Waals surface area (Å²) in [5, 5.41) is 0. The Hall–Kier alpha value is -2.54. The minimum absolute atomic E-state index is 0.0745. The number of ether oxygens (including phenoxy) is 1. The number of methoxy groups -OCH3 is 1. The second-order valence-electron chi connectivity index (χ2n) is 5.34. The van der Waals surface area contributed by atoms with E-state index in [0.29, 0.717) is 30.1 Å². The van der Waals surface area contributed by atoms with E-state index in [2.05, 4.69) is 4.72 Å². The van der Waals surface area contributed by atoms with Gasteiger partial charge in [0.1, 0.15) is 5.75 Å². The highest BCUT2D eigenvalue weighted by atomic mass is 32.2. The zero-order valence-corrected chi connectivity index (χ0v) is 15.3. The maximum Gasteiger partial charge on any atom is 0.261 e. The van der Waals surface area contributed by atoms with E-state index in [-0.39, 0.29) is 10.8 Å². The zero-order valence-electron chi connectivity index (χ0n) is 14.5. The molecule has 0 aliphatic heterocycles. The molecule has 6 nitrogen and oxygen atoms in total. The Morgan fingerprint density at radius 1 is 1.00 bits per heavy atom. The van der Waals surface area contributed by atoms with Crippen molar-refractivity contribution in [3.05, 3.63) is 54.1 Å². The molecule has 2 aromatic carbocycles. The van der Waals surface area contributed by atoms with Crippen molar-refractivity contribution in [1.82, 2.24) is 4.90 Å². The van der Waals surface area contributed by atoms with Gasteiger partial charge in [-0.1, -0.05) is 0 Å². The summed E-state index contributed by atoms with van der Waals surface area (Å²) in [6, 6.07) is 12.5. The van der Waals surface area contributed by atoms with Crippen molar-refractivity contribution in [1.29, 1.82) is 0 Å². The Labute approximate surface area is 148 Å². The third-order valence-corrected chi connectivity index (χ3v) is 5.20. The maximum absolute atomic E-state index is 12.4. The van der Waals surface area contributed by atoms with Crippen molar-refractivity contribution >= 4 is 21.6 Å². The normalized spacial score (nSPS) is 11.0. The van der Waals surface area contributed by atoms with Crippen LogP contribution in [0.1, 0.15) is 24.2 Å². The number of nitrogens with one attached hydrogen (secondary N) is 1. The molecule has 0 saturated heterocycles. The van der Waals surface area contributed by atoms with Crippen molar-refractivity contribution < 1.29 is 17.9 Å². The number of sulfonamides is 1. The number of carbonyl (C=O) groups excluding carboxylic acids is 1. The van der Waals surface area contributed by atoms with E-state index in [4.69, 9.17) is 4.74 Å². The summed E-state index contributed by atoms with van der Waals surface area (Å²) in [5.74, 6) is 0.507. The fraction of sp³-hybridized carbons (Fsp3) is 0.278. The van der Waals surface area contributed by atoms with Crippen LogP contribution in [-0.4, -0.2) is 39.4 Å². The molecule has 0 heterocycles. The number of hydrogen-bond acceptors (Lipinski definition) is 4. The van der Waals surface area contributed by atoms with Crippen LogP contribution >= 0.6 is 0 Å². The minimum Gasteiger partial charge on any atom is -0.497 e. The van der Waals surface area contributed by atoms with Gasteiger partial charge in [-0.05, 0) is 62.4 Å². The first-order valence-corrected chi connectivity index (χ1v) is 9.45. The summed E-state index contributed by atoms with van der Waals surface area (Å²) < 4.78 is 32.3. The van der Waals surface area contributed by atoms with E-state index in [1.807, 2.05) is 13.8 Å². The van der Waals surface area contributed by atoms with Gasteiger partial charge in [-0.2, -0.15) is 0 Å². The van der Waals surface area contributed by atoms with E-state index in [9.17, 15) is 13.2 Å². The van der Waals surface area contributed by atoms with E-state index in [1.165, 1.54) is 19.2 Å². The van der Waals surface area contributed by atoms with Crippen LogP contribution in [0, 0.1) is 0 Å². The fourth-order valence-electron chi connectivity index (χ4n) is 2.34. The molecule has 0 bridgehead atoms. The van der Waals surface area contributed by atoms with Crippen LogP contribution in [0.25, 0.3) is 0 Å². The lowest BCUT2D eigenvalue weighted by Crippen LogP contribution is -2.30. The smallest absolute Gasteiger partial charge is 0.261 e. The molecule has 2 rings (SSSR count). The summed E-state index contributed by atoms with van der Waals surface area (Å²) in [4.78, 5) is 14.1. The van der Waals surface area contributed by atoms with Gasteiger partial charge < -0.3 is 9.64 Å². The summed E-state index contributed by atoms with van der Waals surface area (Å²) in [6.45, 7) is 5.08. The molecule has 0 aliphatic rings. The Morgan fingerprint density at radius 2 is 1.56 bits per heavy atom. The van der Waals surface area contributed by atoms with E-state index < -0.39 is 10.0 Å². The Balaban J connectivity index is 2.15. The summed E-state index contributed by atoms with van der Waals surface area (Å²) >= 11 is 0. The molecule has 0 unspecified atom stereocenters. The van der Waals surface area contributed by atoms with Crippen LogP contribution in [0.5, 0.6) is 5.75 Å². The summed E-state index contributed by atoms with van der Waals surface area (Å²) in [6.07, 6.45) is 0. The predicted octanol–water partition coefficient (Wildman–Crippen LogP) is 2.98. The van der Waals surface area contributed by atoms with Crippen LogP contribution in [0.3, 0.4) is 0 Å². The first-order valence-electron chi connectivity index (χ1n) is 7.97. The first kappa shape index (κ1) is 18.8. The Bertz CT molecular complexity index is 811. The molecular formula is C18H22N2O4S. The highest BCUT2D eigenvalue weighted by Gasteiger charge is 2.16. The number of amides is 1. The monoisotopic (exact) mass is 362 g/mol. The van der Waals surface area contributed by atoms with Gasteiger partial charge in [0.2, 0.25) is 0 Å². The van der Waals surface area contributed by atoms with Gasteiger partial charge in [0.25, 0.3) is 15.9 Å². The van der Waals surface area contributed by atoms with Crippen molar-refractivity contribution in [2.24, 2.45) is 0 Å². The molecule has 0 atom stereocenters. The van der Waals surface area contributed by atoms with Crippen molar-refractivity contribution in [2.45, 2.75) is 18.7 Å². The summed E-state index contributed by atoms with van der Waals surface area (Å²) in [7, 11) is -2.18. The second kappa shape index (κ2) is 8.02.